The number of halogens is 3. The van der Waals surface area contributed by atoms with Gasteiger partial charge in [0, 0.05) is 31.5 Å². The quantitative estimate of drug-likeness (QED) is 0.728. The number of alkyl halides is 3. The van der Waals surface area contributed by atoms with E-state index in [9.17, 15) is 18.0 Å². The molecule has 1 N–H and O–H groups in total. The van der Waals surface area contributed by atoms with Crippen molar-refractivity contribution in [3.8, 4) is 5.88 Å². The summed E-state index contributed by atoms with van der Waals surface area (Å²) in [4.78, 5) is 16.1. The summed E-state index contributed by atoms with van der Waals surface area (Å²) in [7, 11) is 1.55. The van der Waals surface area contributed by atoms with Gasteiger partial charge in [0.2, 0.25) is 5.88 Å². The average molecular weight is 368 g/mol. The molecule has 0 aliphatic heterocycles. The van der Waals surface area contributed by atoms with Crippen molar-refractivity contribution in [3.05, 3.63) is 59.3 Å². The molecule has 2 aromatic rings. The zero-order chi connectivity index (χ0) is 19.0. The number of carbonyl (C=O) groups excluding carboxylic acids is 1. The highest BCUT2D eigenvalue weighted by Crippen LogP contribution is 2.29. The van der Waals surface area contributed by atoms with Crippen LogP contribution >= 0.6 is 0 Å². The summed E-state index contributed by atoms with van der Waals surface area (Å²) in [5, 5.41) is 2.72. The van der Waals surface area contributed by atoms with Gasteiger partial charge in [0.1, 0.15) is 6.61 Å². The van der Waals surface area contributed by atoms with E-state index in [0.29, 0.717) is 43.2 Å². The third-order valence-electron chi connectivity index (χ3n) is 3.51. The molecule has 0 spiro atoms. The van der Waals surface area contributed by atoms with Crippen LogP contribution in [-0.2, 0) is 17.3 Å². The highest BCUT2D eigenvalue weighted by atomic mass is 19.4. The fraction of sp³-hybridized carbons (Fsp3) is 0.333. The van der Waals surface area contributed by atoms with Gasteiger partial charge in [-0.15, -0.1) is 0 Å². The molecule has 1 heterocycles. The Morgan fingerprint density at radius 1 is 1.15 bits per heavy atom. The minimum absolute atomic E-state index is 0.298. The van der Waals surface area contributed by atoms with E-state index >= 15 is 0 Å². The molecule has 140 valence electrons. The summed E-state index contributed by atoms with van der Waals surface area (Å²) in [5.41, 5.74) is 0.402. The minimum Gasteiger partial charge on any atom is -0.475 e. The first-order chi connectivity index (χ1) is 12.4. The fourth-order valence-electron chi connectivity index (χ4n) is 2.14. The lowest BCUT2D eigenvalue weighted by molar-refractivity contribution is -0.137. The maximum atomic E-state index is 12.5. The maximum Gasteiger partial charge on any atom is 0.416 e. The molecule has 0 radical (unpaired) electrons. The third-order valence-corrected chi connectivity index (χ3v) is 3.51. The Hall–Kier alpha value is -2.61. The van der Waals surface area contributed by atoms with Gasteiger partial charge < -0.3 is 14.8 Å². The van der Waals surface area contributed by atoms with Crippen LogP contribution in [-0.4, -0.2) is 37.8 Å². The van der Waals surface area contributed by atoms with Gasteiger partial charge in [-0.3, -0.25) is 4.79 Å². The number of methoxy groups -OCH3 is 1. The Kier molecular flexibility index (Phi) is 6.97. The summed E-state index contributed by atoms with van der Waals surface area (Å²) < 4.78 is 47.8. The van der Waals surface area contributed by atoms with Gasteiger partial charge >= 0.3 is 6.18 Å². The Morgan fingerprint density at radius 2 is 1.88 bits per heavy atom. The molecule has 2 rings (SSSR count). The minimum atomic E-state index is -4.35. The fourth-order valence-corrected chi connectivity index (χ4v) is 2.14. The number of aromatic nitrogens is 1. The molecule has 5 nitrogen and oxygen atoms in total. The number of benzene rings is 1. The lowest BCUT2D eigenvalue weighted by Gasteiger charge is -2.09. The van der Waals surface area contributed by atoms with Gasteiger partial charge in [-0.05, 0) is 30.2 Å². The van der Waals surface area contributed by atoms with Gasteiger partial charge in [0.15, 0.2) is 0 Å². The molecular weight excluding hydrogens is 349 g/mol. The lowest BCUT2D eigenvalue weighted by Crippen LogP contribution is -2.25. The van der Waals surface area contributed by atoms with E-state index in [0.717, 1.165) is 12.1 Å². The summed E-state index contributed by atoms with van der Waals surface area (Å²) >= 11 is 0. The van der Waals surface area contributed by atoms with Gasteiger partial charge in [0.25, 0.3) is 5.91 Å². The summed E-state index contributed by atoms with van der Waals surface area (Å²) in [6, 6.07) is 7.94. The van der Waals surface area contributed by atoms with Crippen LogP contribution in [0.25, 0.3) is 0 Å². The Morgan fingerprint density at radius 3 is 2.54 bits per heavy atom. The molecule has 0 saturated carbocycles. The molecule has 0 bridgehead atoms. The molecule has 8 heteroatoms. The number of amides is 1. The molecule has 0 aliphatic rings. The number of pyridine rings is 1. The molecule has 0 unspecified atom stereocenters. The van der Waals surface area contributed by atoms with Crippen LogP contribution in [0, 0.1) is 0 Å². The topological polar surface area (TPSA) is 60.5 Å². The van der Waals surface area contributed by atoms with Gasteiger partial charge in [-0.1, -0.05) is 12.1 Å². The summed E-state index contributed by atoms with van der Waals surface area (Å²) in [6.07, 6.45) is -2.46. The van der Waals surface area contributed by atoms with Crippen LogP contribution < -0.4 is 10.1 Å². The van der Waals surface area contributed by atoms with Crippen LogP contribution in [0.3, 0.4) is 0 Å². The first-order valence-corrected chi connectivity index (χ1v) is 7.92. The number of hydrogen-bond acceptors (Lipinski definition) is 4. The van der Waals surface area contributed by atoms with E-state index < -0.39 is 11.7 Å². The van der Waals surface area contributed by atoms with Crippen LogP contribution in [0.1, 0.15) is 21.5 Å². The second kappa shape index (κ2) is 9.19. The second-order valence-electron chi connectivity index (χ2n) is 5.42. The number of ether oxygens (including phenoxy) is 2. The van der Waals surface area contributed by atoms with E-state index in [1.165, 1.54) is 24.4 Å². The van der Waals surface area contributed by atoms with Crippen molar-refractivity contribution in [1.29, 1.82) is 0 Å². The van der Waals surface area contributed by atoms with Crippen molar-refractivity contribution >= 4 is 5.91 Å². The molecule has 1 aromatic heterocycles. The largest absolute Gasteiger partial charge is 0.475 e. The SMILES string of the molecule is COCCOc1cc(C(=O)NCCc2ccc(C(F)(F)F)cc2)ccn1. The van der Waals surface area contributed by atoms with Crippen molar-refractivity contribution in [3.63, 3.8) is 0 Å². The van der Waals surface area contributed by atoms with Gasteiger partial charge in [-0.25, -0.2) is 4.98 Å². The molecule has 26 heavy (non-hydrogen) atoms. The lowest BCUT2D eigenvalue weighted by atomic mass is 10.1. The number of hydrogen-bond donors (Lipinski definition) is 1. The average Bonchev–Trinajstić information content (AvgIpc) is 2.62. The number of nitrogens with one attached hydrogen (secondary N) is 1. The molecule has 1 amide bonds. The number of nitrogens with zero attached hydrogens (tertiary/aromatic N) is 1. The van der Waals surface area contributed by atoms with E-state index in [1.54, 1.807) is 13.2 Å². The van der Waals surface area contributed by atoms with Crippen molar-refractivity contribution in [2.45, 2.75) is 12.6 Å². The monoisotopic (exact) mass is 368 g/mol. The van der Waals surface area contributed by atoms with Crippen molar-refractivity contribution < 1.29 is 27.4 Å². The Balaban J connectivity index is 1.84. The standard InChI is InChI=1S/C18H19F3N2O3/c1-25-10-11-26-16-12-14(7-9-22-16)17(24)23-8-6-13-2-4-15(5-3-13)18(19,20)21/h2-5,7,9,12H,6,8,10-11H2,1H3,(H,23,24). The van der Waals surface area contributed by atoms with Crippen molar-refractivity contribution in [1.82, 2.24) is 10.3 Å². The highest BCUT2D eigenvalue weighted by molar-refractivity contribution is 5.94. The van der Waals surface area contributed by atoms with Crippen molar-refractivity contribution in [2.75, 3.05) is 26.9 Å². The molecule has 0 saturated heterocycles. The van der Waals surface area contributed by atoms with E-state index in [-0.39, 0.29) is 5.91 Å². The maximum absolute atomic E-state index is 12.5. The molecule has 0 atom stereocenters. The van der Waals surface area contributed by atoms with Crippen LogP contribution in [0.5, 0.6) is 5.88 Å². The van der Waals surface area contributed by atoms with Crippen LogP contribution in [0.2, 0.25) is 0 Å². The smallest absolute Gasteiger partial charge is 0.416 e. The Labute approximate surface area is 149 Å². The van der Waals surface area contributed by atoms with Gasteiger partial charge in [0.05, 0.1) is 12.2 Å². The molecule has 0 aliphatic carbocycles. The number of carbonyl (C=O) groups is 1. The highest BCUT2D eigenvalue weighted by Gasteiger charge is 2.29. The summed E-state index contributed by atoms with van der Waals surface area (Å²) in [6.45, 7) is 1.03. The third kappa shape index (κ3) is 6.03. The van der Waals surface area contributed by atoms with Gasteiger partial charge in [-0.2, -0.15) is 13.2 Å². The predicted octanol–water partition coefficient (Wildman–Crippen LogP) is 3.10. The van der Waals surface area contributed by atoms with Crippen molar-refractivity contribution in [2.24, 2.45) is 0 Å². The molecule has 0 fully saturated rings. The van der Waals surface area contributed by atoms with E-state index in [1.807, 2.05) is 0 Å². The van der Waals surface area contributed by atoms with Crippen LogP contribution in [0.15, 0.2) is 42.6 Å². The van der Waals surface area contributed by atoms with E-state index in [2.05, 4.69) is 10.3 Å². The molecule has 1 aromatic carbocycles. The second-order valence-corrected chi connectivity index (χ2v) is 5.42. The zero-order valence-corrected chi connectivity index (χ0v) is 14.2. The normalized spacial score (nSPS) is 11.2. The first-order valence-electron chi connectivity index (χ1n) is 7.92. The summed E-state index contributed by atoms with van der Waals surface area (Å²) in [5.74, 6) is 0.00772. The van der Waals surface area contributed by atoms with Crippen LogP contribution in [0.4, 0.5) is 13.2 Å². The van der Waals surface area contributed by atoms with E-state index in [4.69, 9.17) is 9.47 Å². The zero-order valence-electron chi connectivity index (χ0n) is 14.2. The Bertz CT molecular complexity index is 718. The molecular formula is C18H19F3N2O3. The predicted molar refractivity (Wildman–Crippen MR) is 89.1 cm³/mol. The number of rotatable bonds is 8. The first kappa shape index (κ1) is 19.7.